The summed E-state index contributed by atoms with van der Waals surface area (Å²) < 4.78 is 5.33. The third kappa shape index (κ3) is 9.08. The van der Waals surface area contributed by atoms with E-state index in [0.29, 0.717) is 19.1 Å². The van der Waals surface area contributed by atoms with Gasteiger partial charge in [0.05, 0.1) is 0 Å². The van der Waals surface area contributed by atoms with Crippen LogP contribution in [0.3, 0.4) is 0 Å². The Kier molecular flexibility index (Phi) is 7.30. The van der Waals surface area contributed by atoms with E-state index in [-0.39, 0.29) is 5.91 Å². The molecule has 0 unspecified atom stereocenters. The fourth-order valence-electron chi connectivity index (χ4n) is 0.777. The van der Waals surface area contributed by atoms with Crippen LogP contribution in [-0.2, 0) is 9.53 Å². The van der Waals surface area contributed by atoms with E-state index in [1.165, 1.54) is 6.08 Å². The Hall–Kier alpha value is -0.830. The summed E-state index contributed by atoms with van der Waals surface area (Å²) in [5.41, 5.74) is 0. The summed E-state index contributed by atoms with van der Waals surface area (Å²) in [6, 6.07) is 0. The van der Waals surface area contributed by atoms with Crippen molar-refractivity contribution in [2.24, 2.45) is 5.92 Å². The molecule has 3 heteroatoms. The number of hydrogen-bond donors (Lipinski definition) is 1. The quantitative estimate of drug-likeness (QED) is 0.480. The second kappa shape index (κ2) is 7.80. The molecule has 0 aromatic carbocycles. The molecule has 0 aromatic heterocycles. The number of ether oxygens (including phenoxy) is 1. The molecule has 76 valence electrons. The number of carbonyl (C=O) groups is 1. The van der Waals surface area contributed by atoms with E-state index in [2.05, 4.69) is 25.7 Å². The largest absolute Gasteiger partial charge is 0.381 e. The Bertz CT molecular complexity index is 155. The smallest absolute Gasteiger partial charge is 0.243 e. The Morgan fingerprint density at radius 1 is 1.62 bits per heavy atom. The molecule has 13 heavy (non-hydrogen) atoms. The molecule has 0 aromatic rings. The molecule has 0 fully saturated rings. The average Bonchev–Trinajstić information content (AvgIpc) is 2.10. The molecule has 0 heterocycles. The Morgan fingerprint density at radius 3 is 2.85 bits per heavy atom. The molecule has 0 rings (SSSR count). The molecule has 1 amide bonds. The predicted octanol–water partition coefficient (Wildman–Crippen LogP) is 1.35. The molecule has 0 aliphatic rings. The number of rotatable bonds is 7. The van der Waals surface area contributed by atoms with Gasteiger partial charge < -0.3 is 10.1 Å². The molecule has 1 N–H and O–H groups in total. The molecule has 0 atom stereocenters. The fourth-order valence-corrected chi connectivity index (χ4v) is 0.777. The van der Waals surface area contributed by atoms with Crippen molar-refractivity contribution in [2.45, 2.75) is 20.3 Å². The summed E-state index contributed by atoms with van der Waals surface area (Å²) in [5, 5.41) is 2.68. The highest BCUT2D eigenvalue weighted by molar-refractivity contribution is 5.86. The average molecular weight is 185 g/mol. The molecule has 0 bridgehead atoms. The van der Waals surface area contributed by atoms with Gasteiger partial charge in [0.15, 0.2) is 0 Å². The van der Waals surface area contributed by atoms with Gasteiger partial charge in [0.2, 0.25) is 5.91 Å². The Balaban J connectivity index is 3.08. The molecular formula is C10H19NO2. The van der Waals surface area contributed by atoms with Crippen molar-refractivity contribution < 1.29 is 9.53 Å². The molecule has 3 nitrogen and oxygen atoms in total. The maximum absolute atomic E-state index is 10.7. The minimum absolute atomic E-state index is 0.121. The van der Waals surface area contributed by atoms with Crippen LogP contribution >= 0.6 is 0 Å². The third-order valence-electron chi connectivity index (χ3n) is 1.40. The van der Waals surface area contributed by atoms with Crippen molar-refractivity contribution in [3.8, 4) is 0 Å². The van der Waals surface area contributed by atoms with Crippen LogP contribution < -0.4 is 5.32 Å². The number of amides is 1. The lowest BCUT2D eigenvalue weighted by molar-refractivity contribution is -0.116. The van der Waals surface area contributed by atoms with Gasteiger partial charge >= 0.3 is 0 Å². The van der Waals surface area contributed by atoms with Gasteiger partial charge in [0.1, 0.15) is 0 Å². The molecule has 0 spiro atoms. The molecule has 0 aliphatic heterocycles. The van der Waals surface area contributed by atoms with E-state index in [0.717, 1.165) is 13.0 Å². The summed E-state index contributed by atoms with van der Waals surface area (Å²) in [7, 11) is 0. The Morgan fingerprint density at radius 2 is 2.31 bits per heavy atom. The van der Waals surface area contributed by atoms with E-state index < -0.39 is 0 Å². The lowest BCUT2D eigenvalue weighted by atomic mass is 10.2. The van der Waals surface area contributed by atoms with Crippen LogP contribution in [0.1, 0.15) is 20.3 Å². The molecular weight excluding hydrogens is 166 g/mol. The standard InChI is InChI=1S/C10H19NO2/c1-4-10(12)11-6-5-7-13-8-9(2)3/h4,9H,1,5-8H2,2-3H3,(H,11,12). The fraction of sp³-hybridized carbons (Fsp3) is 0.700. The van der Waals surface area contributed by atoms with E-state index in [9.17, 15) is 4.79 Å². The molecule has 0 saturated carbocycles. The van der Waals surface area contributed by atoms with E-state index >= 15 is 0 Å². The first kappa shape index (κ1) is 12.2. The maximum atomic E-state index is 10.7. The van der Waals surface area contributed by atoms with E-state index in [1.807, 2.05) is 0 Å². The van der Waals surface area contributed by atoms with Crippen molar-refractivity contribution in [2.75, 3.05) is 19.8 Å². The van der Waals surface area contributed by atoms with Gasteiger partial charge in [-0.05, 0) is 18.4 Å². The van der Waals surface area contributed by atoms with Crippen molar-refractivity contribution in [3.63, 3.8) is 0 Å². The SMILES string of the molecule is C=CC(=O)NCCCOCC(C)C. The van der Waals surface area contributed by atoms with Crippen LogP contribution in [0.2, 0.25) is 0 Å². The number of carbonyl (C=O) groups excluding carboxylic acids is 1. The van der Waals surface area contributed by atoms with E-state index in [1.54, 1.807) is 0 Å². The minimum atomic E-state index is -0.121. The van der Waals surface area contributed by atoms with Gasteiger partial charge in [-0.3, -0.25) is 4.79 Å². The van der Waals surface area contributed by atoms with Gasteiger partial charge in [-0.25, -0.2) is 0 Å². The zero-order valence-electron chi connectivity index (χ0n) is 8.51. The monoisotopic (exact) mass is 185 g/mol. The van der Waals surface area contributed by atoms with Gasteiger partial charge in [-0.2, -0.15) is 0 Å². The van der Waals surface area contributed by atoms with Gasteiger partial charge in [0, 0.05) is 19.8 Å². The maximum Gasteiger partial charge on any atom is 0.243 e. The highest BCUT2D eigenvalue weighted by Crippen LogP contribution is 1.92. The summed E-state index contributed by atoms with van der Waals surface area (Å²) in [5.74, 6) is 0.451. The normalized spacial score (nSPS) is 10.1. The third-order valence-corrected chi connectivity index (χ3v) is 1.40. The second-order valence-electron chi connectivity index (χ2n) is 3.32. The van der Waals surface area contributed by atoms with Crippen LogP contribution in [0.4, 0.5) is 0 Å². The van der Waals surface area contributed by atoms with Crippen LogP contribution in [0.25, 0.3) is 0 Å². The van der Waals surface area contributed by atoms with Crippen LogP contribution in [0.15, 0.2) is 12.7 Å². The molecule has 0 radical (unpaired) electrons. The second-order valence-corrected chi connectivity index (χ2v) is 3.32. The topological polar surface area (TPSA) is 38.3 Å². The minimum Gasteiger partial charge on any atom is -0.381 e. The van der Waals surface area contributed by atoms with Crippen molar-refractivity contribution in [3.05, 3.63) is 12.7 Å². The number of nitrogens with one attached hydrogen (secondary N) is 1. The van der Waals surface area contributed by atoms with Crippen LogP contribution in [0.5, 0.6) is 0 Å². The lowest BCUT2D eigenvalue weighted by Crippen LogP contribution is -2.23. The summed E-state index contributed by atoms with van der Waals surface area (Å²) >= 11 is 0. The summed E-state index contributed by atoms with van der Waals surface area (Å²) in [6.45, 7) is 9.72. The summed E-state index contributed by atoms with van der Waals surface area (Å²) in [6.07, 6.45) is 2.13. The van der Waals surface area contributed by atoms with Gasteiger partial charge in [-0.15, -0.1) is 0 Å². The highest BCUT2D eigenvalue weighted by atomic mass is 16.5. The first-order valence-electron chi connectivity index (χ1n) is 4.64. The van der Waals surface area contributed by atoms with Crippen molar-refractivity contribution in [1.82, 2.24) is 5.32 Å². The van der Waals surface area contributed by atoms with Gasteiger partial charge in [0.25, 0.3) is 0 Å². The molecule has 0 aliphatic carbocycles. The predicted molar refractivity (Wildman–Crippen MR) is 53.5 cm³/mol. The Labute approximate surface area is 80.2 Å². The van der Waals surface area contributed by atoms with Crippen molar-refractivity contribution in [1.29, 1.82) is 0 Å². The van der Waals surface area contributed by atoms with E-state index in [4.69, 9.17) is 4.74 Å². The first-order valence-corrected chi connectivity index (χ1v) is 4.64. The van der Waals surface area contributed by atoms with Crippen LogP contribution in [0, 0.1) is 5.92 Å². The van der Waals surface area contributed by atoms with Crippen LogP contribution in [-0.4, -0.2) is 25.7 Å². The zero-order valence-corrected chi connectivity index (χ0v) is 8.51. The zero-order chi connectivity index (χ0) is 10.1. The molecule has 0 saturated heterocycles. The first-order chi connectivity index (χ1) is 6.16. The van der Waals surface area contributed by atoms with Gasteiger partial charge in [-0.1, -0.05) is 20.4 Å². The van der Waals surface area contributed by atoms with Crippen molar-refractivity contribution >= 4 is 5.91 Å². The highest BCUT2D eigenvalue weighted by Gasteiger charge is 1.95. The summed E-state index contributed by atoms with van der Waals surface area (Å²) in [4.78, 5) is 10.7. The number of hydrogen-bond acceptors (Lipinski definition) is 2. The lowest BCUT2D eigenvalue weighted by Gasteiger charge is -2.06.